The Morgan fingerprint density at radius 2 is 2.33 bits per heavy atom. The number of carbonyl (C=O) groups excluding carboxylic acids is 1. The molecule has 6 heteroatoms. The summed E-state index contributed by atoms with van der Waals surface area (Å²) < 4.78 is 11.2. The zero-order valence-corrected chi connectivity index (χ0v) is 12.3. The number of hydrogen-bond acceptors (Lipinski definition) is 5. The molecular formula is C12H24N2O3S. The van der Waals surface area contributed by atoms with Crippen molar-refractivity contribution in [1.82, 2.24) is 10.2 Å². The van der Waals surface area contributed by atoms with Gasteiger partial charge in [0.1, 0.15) is 0 Å². The number of ether oxygens (including phenoxy) is 2. The van der Waals surface area contributed by atoms with Crippen molar-refractivity contribution in [3.8, 4) is 0 Å². The Balaban J connectivity index is 2.34. The normalized spacial score (nSPS) is 24.2. The van der Waals surface area contributed by atoms with Crippen molar-refractivity contribution in [2.45, 2.75) is 18.6 Å². The van der Waals surface area contributed by atoms with Crippen LogP contribution in [0.5, 0.6) is 0 Å². The van der Waals surface area contributed by atoms with Crippen LogP contribution in [0.1, 0.15) is 6.42 Å². The van der Waals surface area contributed by atoms with Crippen molar-refractivity contribution < 1.29 is 14.3 Å². The van der Waals surface area contributed by atoms with Crippen LogP contribution in [0.15, 0.2) is 0 Å². The molecule has 0 spiro atoms. The molecule has 0 radical (unpaired) electrons. The Morgan fingerprint density at radius 1 is 1.56 bits per heavy atom. The van der Waals surface area contributed by atoms with Crippen molar-refractivity contribution in [2.24, 2.45) is 0 Å². The minimum atomic E-state index is -0.0134. The van der Waals surface area contributed by atoms with E-state index in [1.165, 1.54) is 11.8 Å². The van der Waals surface area contributed by atoms with Gasteiger partial charge in [-0.1, -0.05) is 0 Å². The fourth-order valence-electron chi connectivity index (χ4n) is 1.82. The van der Waals surface area contributed by atoms with Gasteiger partial charge in [0.15, 0.2) is 0 Å². The fourth-order valence-corrected chi connectivity index (χ4v) is 2.16. The summed E-state index contributed by atoms with van der Waals surface area (Å²) in [5.41, 5.74) is 0. The summed E-state index contributed by atoms with van der Waals surface area (Å²) in [5.74, 6) is 0.542. The molecule has 0 saturated carbocycles. The van der Waals surface area contributed by atoms with Gasteiger partial charge in [-0.05, 0) is 26.8 Å². The largest absolute Gasteiger partial charge is 0.379 e. The second-order valence-electron chi connectivity index (χ2n) is 4.68. The van der Waals surface area contributed by atoms with Crippen LogP contribution >= 0.6 is 11.8 Å². The predicted molar refractivity (Wildman–Crippen MR) is 74.0 cm³/mol. The lowest BCUT2D eigenvalue weighted by molar-refractivity contribution is -0.123. The molecule has 0 aromatic rings. The highest BCUT2D eigenvalue weighted by Gasteiger charge is 2.27. The highest BCUT2D eigenvalue weighted by molar-refractivity contribution is 7.99. The van der Waals surface area contributed by atoms with Gasteiger partial charge in [0.2, 0.25) is 5.91 Å². The number of nitrogens with one attached hydrogen (secondary N) is 1. The molecule has 18 heavy (non-hydrogen) atoms. The van der Waals surface area contributed by atoms with Gasteiger partial charge in [-0.25, -0.2) is 0 Å². The van der Waals surface area contributed by atoms with Gasteiger partial charge < -0.3 is 19.7 Å². The predicted octanol–water partition coefficient (Wildman–Crippen LogP) is 0.201. The lowest BCUT2D eigenvalue weighted by atomic mass is 10.1. The third-order valence-corrected chi connectivity index (χ3v) is 3.34. The van der Waals surface area contributed by atoms with E-state index in [2.05, 4.69) is 10.2 Å². The Morgan fingerprint density at radius 3 is 3.00 bits per heavy atom. The smallest absolute Gasteiger partial charge is 0.230 e. The molecular weight excluding hydrogens is 252 g/mol. The van der Waals surface area contributed by atoms with Gasteiger partial charge in [0.25, 0.3) is 0 Å². The summed E-state index contributed by atoms with van der Waals surface area (Å²) in [4.78, 5) is 13.7. The molecule has 0 aromatic carbocycles. The standard InChI is InChI=1S/C12H24N2O3S/c1-14(2)5-7-17-11-4-6-16-8-10(11)13-12(15)9-18-3/h10-11H,4-9H2,1-3H3,(H,13,15)/t10-,11+/m1/s1. The minimum absolute atomic E-state index is 0.0134. The summed E-state index contributed by atoms with van der Waals surface area (Å²) in [6, 6.07) is -0.0134. The molecule has 0 bridgehead atoms. The molecule has 1 heterocycles. The van der Waals surface area contributed by atoms with Crippen LogP contribution in [0.2, 0.25) is 0 Å². The molecule has 5 nitrogen and oxygen atoms in total. The molecule has 2 atom stereocenters. The number of hydrogen-bond donors (Lipinski definition) is 1. The van der Waals surface area contributed by atoms with Gasteiger partial charge >= 0.3 is 0 Å². The molecule has 0 unspecified atom stereocenters. The summed E-state index contributed by atoms with van der Waals surface area (Å²) in [6.45, 7) is 2.84. The second-order valence-corrected chi connectivity index (χ2v) is 5.55. The molecule has 1 saturated heterocycles. The van der Waals surface area contributed by atoms with Crippen LogP contribution in [0, 0.1) is 0 Å². The molecule has 0 aromatic heterocycles. The van der Waals surface area contributed by atoms with E-state index in [9.17, 15) is 4.79 Å². The van der Waals surface area contributed by atoms with E-state index in [-0.39, 0.29) is 18.1 Å². The second kappa shape index (κ2) is 8.74. The maximum absolute atomic E-state index is 11.6. The number of carbonyl (C=O) groups is 1. The first-order valence-corrected chi connectivity index (χ1v) is 7.65. The summed E-state index contributed by atoms with van der Waals surface area (Å²) >= 11 is 1.52. The minimum Gasteiger partial charge on any atom is -0.379 e. The number of nitrogens with zero attached hydrogens (tertiary/aromatic N) is 1. The Hall–Kier alpha value is -0.300. The molecule has 1 fully saturated rings. The number of thioether (sulfide) groups is 1. The van der Waals surface area contributed by atoms with Gasteiger partial charge in [-0.3, -0.25) is 4.79 Å². The molecule has 0 aliphatic carbocycles. The molecule has 1 aliphatic rings. The number of rotatable bonds is 7. The van der Waals surface area contributed by atoms with Crippen molar-refractivity contribution in [3.05, 3.63) is 0 Å². The highest BCUT2D eigenvalue weighted by atomic mass is 32.2. The van der Waals surface area contributed by atoms with E-state index in [4.69, 9.17) is 9.47 Å². The van der Waals surface area contributed by atoms with Crippen molar-refractivity contribution in [3.63, 3.8) is 0 Å². The SMILES string of the molecule is CSCC(=O)N[C@@H]1COCC[C@@H]1OCCN(C)C. The number of amides is 1. The van der Waals surface area contributed by atoms with Crippen LogP contribution in [-0.4, -0.2) is 75.4 Å². The third-order valence-electron chi connectivity index (χ3n) is 2.79. The van der Waals surface area contributed by atoms with E-state index in [1.54, 1.807) is 0 Å². The molecule has 1 aliphatic heterocycles. The van der Waals surface area contributed by atoms with Crippen LogP contribution in [0.25, 0.3) is 0 Å². The van der Waals surface area contributed by atoms with Gasteiger partial charge in [-0.15, -0.1) is 0 Å². The quantitative estimate of drug-likeness (QED) is 0.720. The lowest BCUT2D eigenvalue weighted by Gasteiger charge is -2.32. The first-order chi connectivity index (χ1) is 8.63. The van der Waals surface area contributed by atoms with Crippen molar-refractivity contribution in [2.75, 3.05) is 52.5 Å². The Bertz CT molecular complexity index is 251. The van der Waals surface area contributed by atoms with Crippen molar-refractivity contribution in [1.29, 1.82) is 0 Å². The third kappa shape index (κ3) is 6.04. The van der Waals surface area contributed by atoms with Crippen LogP contribution in [0.4, 0.5) is 0 Å². The maximum Gasteiger partial charge on any atom is 0.230 e. The van der Waals surface area contributed by atoms with E-state index >= 15 is 0 Å². The van der Waals surface area contributed by atoms with E-state index in [0.29, 0.717) is 25.6 Å². The molecule has 1 amide bonds. The Labute approximate surface area is 114 Å². The number of likely N-dealkylation sites (N-methyl/N-ethyl adjacent to an activating group) is 1. The van der Waals surface area contributed by atoms with Crippen molar-refractivity contribution >= 4 is 17.7 Å². The van der Waals surface area contributed by atoms with E-state index in [0.717, 1.165) is 13.0 Å². The van der Waals surface area contributed by atoms with Gasteiger partial charge in [0.05, 0.1) is 31.1 Å². The highest BCUT2D eigenvalue weighted by Crippen LogP contribution is 2.12. The summed E-state index contributed by atoms with van der Waals surface area (Å²) in [6.07, 6.45) is 2.84. The van der Waals surface area contributed by atoms with Gasteiger partial charge in [-0.2, -0.15) is 11.8 Å². The van der Waals surface area contributed by atoms with E-state index in [1.807, 2.05) is 20.4 Å². The maximum atomic E-state index is 11.6. The lowest BCUT2D eigenvalue weighted by Crippen LogP contribution is -2.51. The Kier molecular flexibility index (Phi) is 7.65. The zero-order chi connectivity index (χ0) is 13.4. The topological polar surface area (TPSA) is 50.8 Å². The fraction of sp³-hybridized carbons (Fsp3) is 0.917. The van der Waals surface area contributed by atoms with Crippen LogP contribution in [-0.2, 0) is 14.3 Å². The van der Waals surface area contributed by atoms with Crippen LogP contribution in [0.3, 0.4) is 0 Å². The zero-order valence-electron chi connectivity index (χ0n) is 11.5. The average Bonchev–Trinajstić information content (AvgIpc) is 2.31. The molecule has 1 N–H and O–H groups in total. The first-order valence-electron chi connectivity index (χ1n) is 6.26. The first kappa shape index (κ1) is 15.8. The average molecular weight is 276 g/mol. The van der Waals surface area contributed by atoms with Crippen LogP contribution < -0.4 is 5.32 Å². The molecule has 106 valence electrons. The van der Waals surface area contributed by atoms with E-state index < -0.39 is 0 Å². The monoisotopic (exact) mass is 276 g/mol. The summed E-state index contributed by atoms with van der Waals surface area (Å²) in [7, 11) is 4.04. The summed E-state index contributed by atoms with van der Waals surface area (Å²) in [5, 5.41) is 2.98. The molecule has 1 rings (SSSR count). The van der Waals surface area contributed by atoms with Gasteiger partial charge in [0, 0.05) is 13.2 Å².